The molecule has 0 fully saturated rings. The third-order valence-electron chi connectivity index (χ3n) is 2.71. The summed E-state index contributed by atoms with van der Waals surface area (Å²) in [6, 6.07) is 7.71. The molecule has 0 amide bonds. The minimum absolute atomic E-state index is 0.453. The van der Waals surface area contributed by atoms with Gasteiger partial charge >= 0.3 is 0 Å². The number of benzene rings is 1. The van der Waals surface area contributed by atoms with Crippen molar-refractivity contribution in [2.75, 3.05) is 7.11 Å². The summed E-state index contributed by atoms with van der Waals surface area (Å²) in [6.45, 7) is 0.453. The van der Waals surface area contributed by atoms with Gasteiger partial charge in [-0.2, -0.15) is 4.98 Å². The van der Waals surface area contributed by atoms with Gasteiger partial charge in [0.25, 0.3) is 0 Å². The van der Waals surface area contributed by atoms with Crippen LogP contribution in [0.15, 0.2) is 29.6 Å². The first-order valence-electron chi connectivity index (χ1n) is 5.50. The monoisotopic (exact) mass is 260 g/mol. The Labute approximate surface area is 108 Å². The van der Waals surface area contributed by atoms with Crippen LogP contribution in [-0.4, -0.2) is 21.7 Å². The van der Waals surface area contributed by atoms with Crippen LogP contribution in [0.2, 0.25) is 0 Å². The van der Waals surface area contributed by atoms with E-state index in [9.17, 15) is 0 Å². The van der Waals surface area contributed by atoms with E-state index in [0.29, 0.717) is 12.4 Å². The van der Waals surface area contributed by atoms with Crippen molar-refractivity contribution in [3.05, 3.63) is 35.3 Å². The lowest BCUT2D eigenvalue weighted by Gasteiger charge is -2.03. The molecule has 5 nitrogen and oxygen atoms in total. The van der Waals surface area contributed by atoms with Crippen molar-refractivity contribution in [1.82, 2.24) is 14.6 Å². The van der Waals surface area contributed by atoms with Crippen molar-refractivity contribution in [1.29, 1.82) is 0 Å². The molecule has 3 rings (SSSR count). The number of nitrogens with two attached hydrogens (primary N) is 1. The minimum Gasteiger partial charge on any atom is -0.496 e. The van der Waals surface area contributed by atoms with Crippen LogP contribution in [0.1, 0.15) is 5.69 Å². The Morgan fingerprint density at radius 1 is 1.39 bits per heavy atom. The summed E-state index contributed by atoms with van der Waals surface area (Å²) in [5.74, 6) is 1.43. The molecule has 0 saturated carbocycles. The Morgan fingerprint density at radius 3 is 3.00 bits per heavy atom. The number of thiazole rings is 1. The second-order valence-electron chi connectivity index (χ2n) is 3.76. The summed E-state index contributed by atoms with van der Waals surface area (Å²) in [5, 5.41) is 6.45. The molecule has 1 aromatic carbocycles. The van der Waals surface area contributed by atoms with Crippen LogP contribution in [0.3, 0.4) is 0 Å². The summed E-state index contributed by atoms with van der Waals surface area (Å²) in [4.78, 5) is 5.34. The number of aromatic nitrogens is 3. The molecule has 0 aliphatic heterocycles. The lowest BCUT2D eigenvalue weighted by atomic mass is 10.2. The number of hydrogen-bond acceptors (Lipinski definition) is 5. The lowest BCUT2D eigenvalue weighted by molar-refractivity contribution is 0.416. The highest BCUT2D eigenvalue weighted by Crippen LogP contribution is 2.28. The minimum atomic E-state index is 0.453. The van der Waals surface area contributed by atoms with E-state index < -0.39 is 0 Å². The molecule has 0 unspecified atom stereocenters. The van der Waals surface area contributed by atoms with Crippen LogP contribution in [0.5, 0.6) is 5.75 Å². The maximum Gasteiger partial charge on any atom is 0.212 e. The van der Waals surface area contributed by atoms with Gasteiger partial charge in [-0.05, 0) is 12.1 Å². The summed E-state index contributed by atoms with van der Waals surface area (Å²) in [6.07, 6.45) is 0. The highest BCUT2D eigenvalue weighted by Gasteiger charge is 2.13. The summed E-state index contributed by atoms with van der Waals surface area (Å²) >= 11 is 1.54. The Bertz CT molecular complexity index is 688. The molecule has 0 bridgehead atoms. The Kier molecular flexibility index (Phi) is 2.73. The van der Waals surface area contributed by atoms with E-state index in [1.165, 1.54) is 11.3 Å². The third kappa shape index (κ3) is 1.66. The molecule has 6 heteroatoms. The first kappa shape index (κ1) is 11.2. The zero-order valence-corrected chi connectivity index (χ0v) is 10.6. The van der Waals surface area contributed by atoms with E-state index in [-0.39, 0.29) is 0 Å². The molecular formula is C12H12N4OS. The van der Waals surface area contributed by atoms with Crippen LogP contribution in [0.25, 0.3) is 16.3 Å². The normalized spacial score (nSPS) is 11.0. The molecule has 0 atom stereocenters. The van der Waals surface area contributed by atoms with Gasteiger partial charge in [0, 0.05) is 11.9 Å². The van der Waals surface area contributed by atoms with Crippen molar-refractivity contribution >= 4 is 16.3 Å². The van der Waals surface area contributed by atoms with E-state index in [2.05, 4.69) is 10.1 Å². The SMILES string of the molecule is COc1ccccc1-c1nc2scc(CN)n2n1. The molecule has 3 aromatic rings. The van der Waals surface area contributed by atoms with E-state index in [0.717, 1.165) is 22.0 Å². The third-order valence-corrected chi connectivity index (χ3v) is 3.57. The summed E-state index contributed by atoms with van der Waals surface area (Å²) in [5.41, 5.74) is 7.51. The molecule has 0 aliphatic carbocycles. The van der Waals surface area contributed by atoms with Crippen molar-refractivity contribution in [2.24, 2.45) is 5.73 Å². The van der Waals surface area contributed by atoms with Gasteiger partial charge in [0.2, 0.25) is 4.96 Å². The zero-order chi connectivity index (χ0) is 12.5. The number of ether oxygens (including phenoxy) is 1. The predicted molar refractivity (Wildman–Crippen MR) is 70.7 cm³/mol. The van der Waals surface area contributed by atoms with E-state index in [1.807, 2.05) is 29.6 Å². The predicted octanol–water partition coefficient (Wildman–Crippen LogP) is 1.93. The number of methoxy groups -OCH3 is 1. The number of fused-ring (bicyclic) bond motifs is 1. The maximum atomic E-state index is 5.66. The molecule has 0 aliphatic rings. The van der Waals surface area contributed by atoms with Gasteiger partial charge in [0.15, 0.2) is 5.82 Å². The van der Waals surface area contributed by atoms with Crippen molar-refractivity contribution in [2.45, 2.75) is 6.54 Å². The highest BCUT2D eigenvalue weighted by atomic mass is 32.1. The molecule has 92 valence electrons. The number of para-hydroxylation sites is 1. The van der Waals surface area contributed by atoms with Gasteiger partial charge in [-0.15, -0.1) is 16.4 Å². The first-order valence-corrected chi connectivity index (χ1v) is 6.38. The van der Waals surface area contributed by atoms with Gasteiger partial charge in [0.05, 0.1) is 18.4 Å². The van der Waals surface area contributed by atoms with Gasteiger partial charge in [0.1, 0.15) is 5.75 Å². The molecule has 0 spiro atoms. The Hall–Kier alpha value is -1.92. The smallest absolute Gasteiger partial charge is 0.212 e. The molecule has 18 heavy (non-hydrogen) atoms. The van der Waals surface area contributed by atoms with Crippen molar-refractivity contribution < 1.29 is 4.74 Å². The van der Waals surface area contributed by atoms with E-state index in [1.54, 1.807) is 11.6 Å². The molecular weight excluding hydrogens is 248 g/mol. The van der Waals surface area contributed by atoms with Gasteiger partial charge < -0.3 is 10.5 Å². The fraction of sp³-hybridized carbons (Fsp3) is 0.167. The number of hydrogen-bond donors (Lipinski definition) is 1. The average molecular weight is 260 g/mol. The van der Waals surface area contributed by atoms with Crippen LogP contribution >= 0.6 is 11.3 Å². The lowest BCUT2D eigenvalue weighted by Crippen LogP contribution is -2.01. The average Bonchev–Trinajstić information content (AvgIpc) is 2.98. The standard InChI is InChI=1S/C12H12N4OS/c1-17-10-5-3-2-4-9(10)11-14-12-16(15-11)8(6-13)7-18-12/h2-5,7H,6,13H2,1H3. The largest absolute Gasteiger partial charge is 0.496 e. The number of nitrogens with zero attached hydrogens (tertiary/aromatic N) is 3. The summed E-state index contributed by atoms with van der Waals surface area (Å²) < 4.78 is 7.10. The zero-order valence-electron chi connectivity index (χ0n) is 9.83. The fourth-order valence-corrected chi connectivity index (χ4v) is 2.64. The molecule has 2 heterocycles. The molecule has 0 radical (unpaired) electrons. The highest BCUT2D eigenvalue weighted by molar-refractivity contribution is 7.15. The quantitative estimate of drug-likeness (QED) is 0.781. The maximum absolute atomic E-state index is 5.66. The molecule has 0 saturated heterocycles. The Balaban J connectivity index is 2.16. The van der Waals surface area contributed by atoms with Crippen LogP contribution in [-0.2, 0) is 6.54 Å². The fourth-order valence-electron chi connectivity index (χ4n) is 1.81. The second kappa shape index (κ2) is 4.40. The molecule has 2 N–H and O–H groups in total. The van der Waals surface area contributed by atoms with Crippen molar-refractivity contribution in [3.8, 4) is 17.1 Å². The van der Waals surface area contributed by atoms with Gasteiger partial charge in [-0.3, -0.25) is 0 Å². The first-order chi connectivity index (χ1) is 8.83. The van der Waals surface area contributed by atoms with Crippen LogP contribution in [0, 0.1) is 0 Å². The van der Waals surface area contributed by atoms with Gasteiger partial charge in [-0.25, -0.2) is 4.52 Å². The van der Waals surface area contributed by atoms with Crippen LogP contribution < -0.4 is 10.5 Å². The number of rotatable bonds is 3. The molecule has 2 aromatic heterocycles. The van der Waals surface area contributed by atoms with E-state index >= 15 is 0 Å². The second-order valence-corrected chi connectivity index (χ2v) is 4.60. The summed E-state index contributed by atoms with van der Waals surface area (Å²) in [7, 11) is 1.64. The van der Waals surface area contributed by atoms with Gasteiger partial charge in [-0.1, -0.05) is 12.1 Å². The topological polar surface area (TPSA) is 65.4 Å². The Morgan fingerprint density at radius 2 is 2.22 bits per heavy atom. The van der Waals surface area contributed by atoms with Crippen molar-refractivity contribution in [3.63, 3.8) is 0 Å². The van der Waals surface area contributed by atoms with E-state index in [4.69, 9.17) is 10.5 Å². The van der Waals surface area contributed by atoms with Crippen LogP contribution in [0.4, 0.5) is 0 Å².